The van der Waals surface area contributed by atoms with Crippen LogP contribution in [-0.4, -0.2) is 18.4 Å². The van der Waals surface area contributed by atoms with Crippen LogP contribution in [0.1, 0.15) is 10.4 Å². The predicted octanol–water partition coefficient (Wildman–Crippen LogP) is 2.15. The second-order valence-corrected chi connectivity index (χ2v) is 2.98. The van der Waals surface area contributed by atoms with Gasteiger partial charge in [0.05, 0.1) is 0 Å². The zero-order valence-electron chi connectivity index (χ0n) is 8.76. The Morgan fingerprint density at radius 1 is 1.19 bits per heavy atom. The molecule has 0 aliphatic carbocycles. The minimum Gasteiger partial charge on any atom is -0.458 e. The zero-order valence-corrected chi connectivity index (χ0v) is 8.76. The summed E-state index contributed by atoms with van der Waals surface area (Å²) in [4.78, 5) is 22.5. The first-order valence-corrected chi connectivity index (χ1v) is 4.79. The van der Waals surface area contributed by atoms with Crippen LogP contribution in [0.15, 0.2) is 55.1 Å². The number of hydrogen-bond acceptors (Lipinski definition) is 3. The molecule has 0 atom stereocenters. The van der Waals surface area contributed by atoms with Crippen LogP contribution < -0.4 is 0 Å². The third-order valence-corrected chi connectivity index (χ3v) is 1.77. The fourth-order valence-corrected chi connectivity index (χ4v) is 1.03. The van der Waals surface area contributed by atoms with E-state index in [1.54, 1.807) is 24.3 Å². The Balaban J connectivity index is 2.54. The Kier molecular flexibility index (Phi) is 4.73. The van der Waals surface area contributed by atoms with E-state index < -0.39 is 5.97 Å². The predicted molar refractivity (Wildman–Crippen MR) is 61.1 cm³/mol. The van der Waals surface area contributed by atoms with E-state index in [2.05, 4.69) is 11.3 Å². The number of ketones is 1. The van der Waals surface area contributed by atoms with Crippen molar-refractivity contribution in [1.82, 2.24) is 0 Å². The molecule has 0 spiro atoms. The number of esters is 1. The van der Waals surface area contributed by atoms with Gasteiger partial charge in [-0.2, -0.15) is 0 Å². The molecule has 0 N–H and O–H groups in total. The molecular formula is C13H12O3. The third kappa shape index (κ3) is 3.92. The minimum atomic E-state index is -0.552. The summed E-state index contributed by atoms with van der Waals surface area (Å²) in [6.07, 6.45) is 3.77. The maximum absolute atomic E-state index is 11.5. The molecule has 3 nitrogen and oxygen atoms in total. The van der Waals surface area contributed by atoms with Crippen LogP contribution in [-0.2, 0) is 9.53 Å². The Labute approximate surface area is 94.0 Å². The van der Waals surface area contributed by atoms with E-state index in [0.29, 0.717) is 5.56 Å². The molecule has 0 aliphatic rings. The molecule has 1 aromatic carbocycles. The van der Waals surface area contributed by atoms with Crippen molar-refractivity contribution in [2.45, 2.75) is 0 Å². The van der Waals surface area contributed by atoms with Crippen molar-refractivity contribution < 1.29 is 14.3 Å². The largest absolute Gasteiger partial charge is 0.458 e. The van der Waals surface area contributed by atoms with Gasteiger partial charge in [0.1, 0.15) is 6.61 Å². The number of carbonyl (C=O) groups is 2. The van der Waals surface area contributed by atoms with E-state index in [9.17, 15) is 9.59 Å². The van der Waals surface area contributed by atoms with Crippen LogP contribution in [0.3, 0.4) is 0 Å². The van der Waals surface area contributed by atoms with Gasteiger partial charge in [0.25, 0.3) is 0 Å². The van der Waals surface area contributed by atoms with E-state index in [1.807, 2.05) is 6.07 Å². The molecular weight excluding hydrogens is 204 g/mol. The first-order valence-electron chi connectivity index (χ1n) is 4.79. The van der Waals surface area contributed by atoms with Crippen molar-refractivity contribution >= 4 is 11.8 Å². The third-order valence-electron chi connectivity index (χ3n) is 1.77. The second-order valence-electron chi connectivity index (χ2n) is 2.98. The van der Waals surface area contributed by atoms with Crippen LogP contribution in [0, 0.1) is 0 Å². The number of benzene rings is 1. The van der Waals surface area contributed by atoms with Gasteiger partial charge in [0.2, 0.25) is 0 Å². The Morgan fingerprint density at radius 3 is 2.50 bits per heavy atom. The molecule has 0 saturated heterocycles. The van der Waals surface area contributed by atoms with Crippen LogP contribution in [0.5, 0.6) is 0 Å². The molecule has 0 aliphatic heterocycles. The lowest BCUT2D eigenvalue weighted by Gasteiger charge is -1.96. The molecule has 0 radical (unpaired) electrons. The summed E-state index contributed by atoms with van der Waals surface area (Å²) >= 11 is 0. The van der Waals surface area contributed by atoms with Crippen molar-refractivity contribution in [2.24, 2.45) is 0 Å². The standard InChI is InChI=1S/C13H12O3/c1-2-10-16-13(15)9-8-12(14)11-6-4-3-5-7-11/h2-9H,1,10H2. The molecule has 0 amide bonds. The van der Waals surface area contributed by atoms with Crippen molar-refractivity contribution in [3.05, 3.63) is 60.7 Å². The number of carbonyl (C=O) groups excluding carboxylic acids is 2. The molecule has 0 bridgehead atoms. The fraction of sp³-hybridized carbons (Fsp3) is 0.0769. The summed E-state index contributed by atoms with van der Waals surface area (Å²) in [6.45, 7) is 3.55. The van der Waals surface area contributed by atoms with E-state index in [-0.39, 0.29) is 12.4 Å². The van der Waals surface area contributed by atoms with Crippen molar-refractivity contribution in [2.75, 3.05) is 6.61 Å². The average Bonchev–Trinajstić information content (AvgIpc) is 2.34. The average molecular weight is 216 g/mol. The lowest BCUT2D eigenvalue weighted by atomic mass is 10.1. The van der Waals surface area contributed by atoms with E-state index in [1.165, 1.54) is 12.2 Å². The topological polar surface area (TPSA) is 43.4 Å². The highest BCUT2D eigenvalue weighted by atomic mass is 16.5. The molecule has 1 aromatic rings. The number of allylic oxidation sites excluding steroid dienone is 1. The molecule has 16 heavy (non-hydrogen) atoms. The highest BCUT2D eigenvalue weighted by Crippen LogP contribution is 2.00. The lowest BCUT2D eigenvalue weighted by Crippen LogP contribution is -2.02. The fourth-order valence-electron chi connectivity index (χ4n) is 1.03. The molecule has 3 heteroatoms. The summed E-state index contributed by atoms with van der Waals surface area (Å²) in [6, 6.07) is 8.70. The highest BCUT2D eigenvalue weighted by molar-refractivity contribution is 6.06. The normalized spacial score (nSPS) is 10.0. The maximum atomic E-state index is 11.5. The second kappa shape index (κ2) is 6.35. The minimum absolute atomic E-state index is 0.142. The molecule has 1 rings (SSSR count). The van der Waals surface area contributed by atoms with Gasteiger partial charge in [0.15, 0.2) is 5.78 Å². The van der Waals surface area contributed by atoms with Gasteiger partial charge in [-0.05, 0) is 6.08 Å². The summed E-state index contributed by atoms with van der Waals surface area (Å²) in [7, 11) is 0. The molecule has 0 fully saturated rings. The van der Waals surface area contributed by atoms with Crippen LogP contribution in [0.4, 0.5) is 0 Å². The van der Waals surface area contributed by atoms with Crippen LogP contribution in [0.2, 0.25) is 0 Å². The SMILES string of the molecule is C=CCOC(=O)C=CC(=O)c1ccccc1. The molecule has 0 aromatic heterocycles. The van der Waals surface area contributed by atoms with E-state index >= 15 is 0 Å². The van der Waals surface area contributed by atoms with Gasteiger partial charge in [-0.15, -0.1) is 0 Å². The number of ether oxygens (including phenoxy) is 1. The van der Waals surface area contributed by atoms with Crippen molar-refractivity contribution in [3.8, 4) is 0 Å². The van der Waals surface area contributed by atoms with Gasteiger partial charge in [-0.1, -0.05) is 43.0 Å². The van der Waals surface area contributed by atoms with Gasteiger partial charge < -0.3 is 4.74 Å². The highest BCUT2D eigenvalue weighted by Gasteiger charge is 2.01. The quantitative estimate of drug-likeness (QED) is 0.328. The number of hydrogen-bond donors (Lipinski definition) is 0. The summed E-state index contributed by atoms with van der Waals surface area (Å²) in [5.41, 5.74) is 0.537. The molecule has 0 unspecified atom stereocenters. The van der Waals surface area contributed by atoms with E-state index in [0.717, 1.165) is 6.08 Å². The lowest BCUT2D eigenvalue weighted by molar-refractivity contribution is -0.136. The summed E-state index contributed by atoms with van der Waals surface area (Å²) in [5.74, 6) is -0.777. The number of rotatable bonds is 5. The molecule has 82 valence electrons. The Morgan fingerprint density at radius 2 is 1.88 bits per heavy atom. The zero-order chi connectivity index (χ0) is 11.8. The van der Waals surface area contributed by atoms with Gasteiger partial charge in [0, 0.05) is 11.6 Å². The first kappa shape index (κ1) is 11.9. The van der Waals surface area contributed by atoms with Crippen LogP contribution >= 0.6 is 0 Å². The molecule has 0 heterocycles. The smallest absolute Gasteiger partial charge is 0.331 e. The van der Waals surface area contributed by atoms with Crippen molar-refractivity contribution in [3.63, 3.8) is 0 Å². The molecule has 0 saturated carbocycles. The first-order chi connectivity index (χ1) is 7.74. The van der Waals surface area contributed by atoms with Crippen molar-refractivity contribution in [1.29, 1.82) is 0 Å². The van der Waals surface area contributed by atoms with Gasteiger partial charge in [-0.25, -0.2) is 4.79 Å². The summed E-state index contributed by atoms with van der Waals surface area (Å²) < 4.78 is 4.68. The Bertz CT molecular complexity index is 404. The van der Waals surface area contributed by atoms with E-state index in [4.69, 9.17) is 0 Å². The van der Waals surface area contributed by atoms with Gasteiger partial charge >= 0.3 is 5.97 Å². The van der Waals surface area contributed by atoms with Crippen LogP contribution in [0.25, 0.3) is 0 Å². The summed E-state index contributed by atoms with van der Waals surface area (Å²) in [5, 5.41) is 0. The Hall–Kier alpha value is -2.16. The van der Waals surface area contributed by atoms with Gasteiger partial charge in [-0.3, -0.25) is 4.79 Å². The maximum Gasteiger partial charge on any atom is 0.331 e. The monoisotopic (exact) mass is 216 g/mol.